The molecule has 0 aliphatic rings. The lowest BCUT2D eigenvalue weighted by atomic mass is 9.90. The Kier molecular flexibility index (Phi) is 26.7. The molecule has 362 valence electrons. The molecule has 4 rings (SSSR count). The molecular weight excluding hydrogens is 829 g/mol. The van der Waals surface area contributed by atoms with Gasteiger partial charge < -0.3 is 0 Å². The van der Waals surface area contributed by atoms with E-state index in [4.69, 9.17) is 19.9 Å². The first kappa shape index (κ1) is 55.0. The van der Waals surface area contributed by atoms with Crippen LogP contribution in [0.25, 0.3) is 0 Å². The average Bonchev–Trinajstić information content (AvgIpc) is 3.36. The summed E-state index contributed by atoms with van der Waals surface area (Å²) in [4.78, 5) is 25.1. The molecule has 0 aliphatic heterocycles. The lowest BCUT2D eigenvalue weighted by molar-refractivity contribution is 0.177. The molecule has 4 aromatic rings. The number of pyridine rings is 4. The van der Waals surface area contributed by atoms with Crippen molar-refractivity contribution in [3.63, 3.8) is 0 Å². The normalized spacial score (nSPS) is 11.4. The molecule has 0 fully saturated rings. The molecule has 0 saturated heterocycles. The summed E-state index contributed by atoms with van der Waals surface area (Å²) in [5.41, 5.74) is 9.63. The summed E-state index contributed by atoms with van der Waals surface area (Å²) in [6.07, 6.45) is 40.6. The van der Waals surface area contributed by atoms with E-state index < -0.39 is 0 Å². The number of rotatable bonds is 39. The molecule has 0 aromatic carbocycles. The summed E-state index contributed by atoms with van der Waals surface area (Å²) < 4.78 is 0. The molecule has 4 aromatic heterocycles. The second kappa shape index (κ2) is 33.0. The Hall–Kier alpha value is -5.56. The van der Waals surface area contributed by atoms with E-state index in [9.17, 15) is 0 Å². The second-order valence-electron chi connectivity index (χ2n) is 18.5. The van der Waals surface area contributed by atoms with Gasteiger partial charge in [-0.1, -0.05) is 48.6 Å². The Morgan fingerprint density at radius 1 is 0.324 bits per heavy atom. The van der Waals surface area contributed by atoms with E-state index in [1.807, 2.05) is 73.4 Å². The van der Waals surface area contributed by atoms with Crippen LogP contribution < -0.4 is 0 Å². The quantitative estimate of drug-likeness (QED) is 0.0416. The zero-order chi connectivity index (χ0) is 48.6. The lowest BCUT2D eigenvalue weighted by Crippen LogP contribution is -2.35. The predicted octanol–water partition coefficient (Wildman–Crippen LogP) is 16.0. The molecule has 0 spiro atoms. The van der Waals surface area contributed by atoms with Gasteiger partial charge in [-0.15, -0.1) is 52.6 Å². The van der Waals surface area contributed by atoms with Crippen molar-refractivity contribution in [1.82, 2.24) is 29.7 Å². The van der Waals surface area contributed by atoms with E-state index in [0.717, 1.165) is 139 Å². The van der Waals surface area contributed by atoms with Crippen LogP contribution in [0.5, 0.6) is 0 Å². The van der Waals surface area contributed by atoms with Crippen LogP contribution in [-0.4, -0.2) is 42.8 Å². The number of allylic oxidation sites excluding steroid dienone is 8. The van der Waals surface area contributed by atoms with Crippen LogP contribution >= 0.6 is 0 Å². The monoisotopic (exact) mass is 913 g/mol. The highest BCUT2D eigenvalue weighted by Gasteiger charge is 2.20. The fraction of sp³-hybridized carbons (Fsp3) is 0.419. The molecule has 0 N–H and O–H groups in total. The minimum atomic E-state index is 0.422. The Morgan fingerprint density at radius 3 is 0.691 bits per heavy atom. The average molecular weight is 913 g/mol. The van der Waals surface area contributed by atoms with Crippen molar-refractivity contribution < 1.29 is 0 Å². The summed E-state index contributed by atoms with van der Waals surface area (Å²) in [5, 5.41) is 0. The molecule has 68 heavy (non-hydrogen) atoms. The highest BCUT2D eigenvalue weighted by atomic mass is 15.2. The molecule has 0 radical (unpaired) electrons. The molecule has 0 unspecified atom stereocenters. The Labute approximate surface area is 413 Å². The van der Waals surface area contributed by atoms with Gasteiger partial charge in [0.25, 0.3) is 0 Å². The topological polar surface area (TPSA) is 58.0 Å². The maximum Gasteiger partial charge on any atom is 0.0546 e. The third kappa shape index (κ3) is 20.0. The first-order valence-corrected chi connectivity index (χ1v) is 25.5. The molecule has 6 heteroatoms. The standard InChI is InChI=1S/C62H84N6/c1-9-17-25-51(26-18-10-2)55-33-37-63-59(43-55)47-67(48-60-44-56(34-38-64-60)52(27-19-11-3)28-20-12-4)41-42-68(49-61-45-57(35-39-65-61)53(29-21-13-5)30-22-14-6)50-62-46-58(36-40-66-62)54(31-23-15-7)32-24-16-8/h9-16,33-40,43-46,51-54H,1-8,17-32,41-42,47-50H2. The minimum absolute atomic E-state index is 0.422. The van der Waals surface area contributed by atoms with Crippen molar-refractivity contribution in [1.29, 1.82) is 0 Å². The fourth-order valence-electron chi connectivity index (χ4n) is 9.44. The SMILES string of the molecule is C=CCCC(CCC=C)c1ccnc(CN(CCN(Cc2cc(C(CCC=C)CCC=C)ccn2)Cc2cc(C(CCC=C)CCC=C)ccn2)Cc2cc(C(CCC=C)CCC=C)ccn2)c1. The number of hydrogen-bond donors (Lipinski definition) is 0. The second-order valence-corrected chi connectivity index (χ2v) is 18.5. The van der Waals surface area contributed by atoms with Crippen molar-refractivity contribution in [2.45, 2.75) is 153 Å². The largest absolute Gasteiger partial charge is 0.290 e. The zero-order valence-corrected chi connectivity index (χ0v) is 41.8. The molecule has 6 nitrogen and oxygen atoms in total. The number of aromatic nitrogens is 4. The Morgan fingerprint density at radius 2 is 0.515 bits per heavy atom. The van der Waals surface area contributed by atoms with Crippen molar-refractivity contribution in [3.05, 3.63) is 220 Å². The maximum absolute atomic E-state index is 5.00. The van der Waals surface area contributed by atoms with Crippen LogP contribution in [0.2, 0.25) is 0 Å². The molecular formula is C62H84N6. The molecule has 0 bridgehead atoms. The van der Waals surface area contributed by atoms with Crippen molar-refractivity contribution in [3.8, 4) is 0 Å². The van der Waals surface area contributed by atoms with Gasteiger partial charge in [-0.2, -0.15) is 0 Å². The van der Waals surface area contributed by atoms with E-state index in [0.29, 0.717) is 49.9 Å². The van der Waals surface area contributed by atoms with Gasteiger partial charge in [0, 0.05) is 64.1 Å². The van der Waals surface area contributed by atoms with E-state index in [2.05, 4.69) is 111 Å². The first-order chi connectivity index (χ1) is 33.4. The maximum atomic E-state index is 5.00. The van der Waals surface area contributed by atoms with Gasteiger partial charge in [0.2, 0.25) is 0 Å². The molecule has 4 heterocycles. The van der Waals surface area contributed by atoms with Crippen LogP contribution in [0, 0.1) is 0 Å². The van der Waals surface area contributed by atoms with E-state index in [1.54, 1.807) is 0 Å². The molecule has 0 atom stereocenters. The van der Waals surface area contributed by atoms with E-state index >= 15 is 0 Å². The summed E-state index contributed by atoms with van der Waals surface area (Å²) in [5.74, 6) is 1.69. The van der Waals surface area contributed by atoms with Gasteiger partial charge >= 0.3 is 0 Å². The van der Waals surface area contributed by atoms with Crippen LogP contribution in [-0.2, 0) is 26.2 Å². The third-order valence-corrected chi connectivity index (χ3v) is 13.3. The fourth-order valence-corrected chi connectivity index (χ4v) is 9.44. The van der Waals surface area contributed by atoms with Crippen LogP contribution in [0.15, 0.2) is 175 Å². The van der Waals surface area contributed by atoms with Gasteiger partial charge in [-0.3, -0.25) is 29.7 Å². The first-order valence-electron chi connectivity index (χ1n) is 25.5. The minimum Gasteiger partial charge on any atom is -0.290 e. The molecule has 0 aliphatic carbocycles. The van der Waals surface area contributed by atoms with Gasteiger partial charge in [0.1, 0.15) is 0 Å². The van der Waals surface area contributed by atoms with Gasteiger partial charge in [0.05, 0.1) is 22.8 Å². The van der Waals surface area contributed by atoms with Gasteiger partial charge in [-0.05, 0) is 197 Å². The Balaban J connectivity index is 1.74. The highest BCUT2D eigenvalue weighted by molar-refractivity contribution is 5.25. The smallest absolute Gasteiger partial charge is 0.0546 e. The van der Waals surface area contributed by atoms with Crippen LogP contribution in [0.4, 0.5) is 0 Å². The van der Waals surface area contributed by atoms with Gasteiger partial charge in [0.15, 0.2) is 0 Å². The summed E-state index contributed by atoms with van der Waals surface area (Å²) in [6.45, 7) is 36.6. The molecule has 0 saturated carbocycles. The van der Waals surface area contributed by atoms with Crippen LogP contribution in [0.3, 0.4) is 0 Å². The summed E-state index contributed by atoms with van der Waals surface area (Å²) >= 11 is 0. The predicted molar refractivity (Wildman–Crippen MR) is 292 cm³/mol. The Bertz CT molecular complexity index is 1790. The van der Waals surface area contributed by atoms with Gasteiger partial charge in [-0.25, -0.2) is 0 Å². The summed E-state index contributed by atoms with van der Waals surface area (Å²) in [7, 11) is 0. The van der Waals surface area contributed by atoms with Crippen molar-refractivity contribution in [2.75, 3.05) is 13.1 Å². The van der Waals surface area contributed by atoms with Crippen molar-refractivity contribution >= 4 is 0 Å². The zero-order valence-electron chi connectivity index (χ0n) is 41.8. The van der Waals surface area contributed by atoms with Crippen molar-refractivity contribution in [2.24, 2.45) is 0 Å². The number of nitrogens with zero attached hydrogens (tertiary/aromatic N) is 6. The van der Waals surface area contributed by atoms with Crippen LogP contribution in [0.1, 0.15) is 171 Å². The third-order valence-electron chi connectivity index (χ3n) is 13.3. The number of hydrogen-bond acceptors (Lipinski definition) is 6. The lowest BCUT2D eigenvalue weighted by Gasteiger charge is -2.28. The van der Waals surface area contributed by atoms with E-state index in [1.165, 1.54) is 22.3 Å². The summed E-state index contributed by atoms with van der Waals surface area (Å²) in [6, 6.07) is 18.1. The van der Waals surface area contributed by atoms with E-state index in [-0.39, 0.29) is 0 Å². The highest BCUT2D eigenvalue weighted by Crippen LogP contribution is 2.31. The molecule has 0 amide bonds.